The number of hydrogen-bond donors (Lipinski definition) is 1. The highest BCUT2D eigenvalue weighted by atomic mass is 16.3. The van der Waals surface area contributed by atoms with Crippen LogP contribution in [-0.2, 0) is 4.79 Å². The standard InChI is InChI=1S/C4H7N3O2/c1-3(8)2-4(9)6-7-5/h3,8H,2H2,1H3. The number of amides is 1. The van der Waals surface area contributed by atoms with Gasteiger partial charge in [-0.05, 0) is 17.6 Å². The fourth-order valence-electron chi connectivity index (χ4n) is 0.343. The quantitative estimate of drug-likeness (QED) is 0.336. The zero-order chi connectivity index (χ0) is 7.28. The molecule has 0 rings (SSSR count). The zero-order valence-electron chi connectivity index (χ0n) is 4.98. The number of carbonyl (C=O) groups excluding carboxylic acids is 1. The number of azide groups is 1. The molecule has 0 aliphatic heterocycles. The van der Waals surface area contributed by atoms with Crippen molar-refractivity contribution in [1.29, 1.82) is 0 Å². The number of rotatable bonds is 2. The van der Waals surface area contributed by atoms with Gasteiger partial charge in [0.25, 0.3) is 0 Å². The minimum Gasteiger partial charge on any atom is -0.393 e. The summed E-state index contributed by atoms with van der Waals surface area (Å²) in [7, 11) is 0. The Labute approximate surface area is 51.9 Å². The van der Waals surface area contributed by atoms with Gasteiger partial charge in [0.1, 0.15) is 0 Å². The number of carbonyl (C=O) groups is 1. The molecule has 1 unspecified atom stereocenters. The molecule has 0 saturated heterocycles. The third-order valence-electron chi connectivity index (χ3n) is 0.626. The summed E-state index contributed by atoms with van der Waals surface area (Å²) in [5.74, 6) is -0.632. The molecule has 1 amide bonds. The predicted octanol–water partition coefficient (Wildman–Crippen LogP) is 0.594. The highest BCUT2D eigenvalue weighted by Gasteiger charge is 2.01. The molecule has 50 valence electrons. The Morgan fingerprint density at radius 3 is 2.89 bits per heavy atom. The first-order valence-corrected chi connectivity index (χ1v) is 2.43. The van der Waals surface area contributed by atoms with Crippen LogP contribution in [0.15, 0.2) is 5.11 Å². The molecule has 0 bridgehead atoms. The number of aliphatic hydroxyl groups excluding tert-OH is 1. The lowest BCUT2D eigenvalue weighted by molar-refractivity contribution is -0.119. The van der Waals surface area contributed by atoms with E-state index in [1.54, 1.807) is 0 Å². The molecule has 0 aromatic heterocycles. The van der Waals surface area contributed by atoms with Gasteiger partial charge in [-0.1, -0.05) is 0 Å². The Morgan fingerprint density at radius 2 is 2.56 bits per heavy atom. The summed E-state index contributed by atoms with van der Waals surface area (Å²) in [5.41, 5.74) is 7.71. The molecule has 0 aliphatic rings. The Morgan fingerprint density at radius 1 is 2.00 bits per heavy atom. The molecule has 0 aromatic carbocycles. The van der Waals surface area contributed by atoms with Crippen LogP contribution in [0.2, 0.25) is 0 Å². The average Bonchev–Trinajstić information content (AvgIpc) is 1.63. The molecule has 5 nitrogen and oxygen atoms in total. The molecule has 5 heteroatoms. The number of nitrogens with zero attached hydrogens (tertiary/aromatic N) is 3. The lowest BCUT2D eigenvalue weighted by atomic mass is 10.3. The monoisotopic (exact) mass is 129 g/mol. The summed E-state index contributed by atoms with van der Waals surface area (Å²) < 4.78 is 0. The average molecular weight is 129 g/mol. The van der Waals surface area contributed by atoms with Crippen LogP contribution in [0.25, 0.3) is 10.4 Å². The van der Waals surface area contributed by atoms with E-state index in [-0.39, 0.29) is 6.42 Å². The Bertz CT molecular complexity index is 148. The van der Waals surface area contributed by atoms with Gasteiger partial charge in [-0.15, -0.1) is 0 Å². The third-order valence-corrected chi connectivity index (χ3v) is 0.626. The Balaban J connectivity index is 3.64. The van der Waals surface area contributed by atoms with Crippen LogP contribution in [0.5, 0.6) is 0 Å². The van der Waals surface area contributed by atoms with E-state index in [9.17, 15) is 4.79 Å². The lowest BCUT2D eigenvalue weighted by Gasteiger charge is -1.95. The molecule has 0 aliphatic carbocycles. The van der Waals surface area contributed by atoms with E-state index in [1.807, 2.05) is 0 Å². The van der Waals surface area contributed by atoms with Crippen molar-refractivity contribution in [3.8, 4) is 0 Å². The van der Waals surface area contributed by atoms with Crippen LogP contribution in [-0.4, -0.2) is 17.1 Å². The summed E-state index contributed by atoms with van der Waals surface area (Å²) in [6.45, 7) is 1.45. The van der Waals surface area contributed by atoms with Crippen LogP contribution in [0.3, 0.4) is 0 Å². The number of hydrogen-bond acceptors (Lipinski definition) is 2. The second-order valence-electron chi connectivity index (χ2n) is 1.64. The van der Waals surface area contributed by atoms with Gasteiger partial charge in [0, 0.05) is 11.3 Å². The SMILES string of the molecule is CC(O)CC(=O)N=[N+]=[N-]. The first-order chi connectivity index (χ1) is 4.16. The lowest BCUT2D eigenvalue weighted by Crippen LogP contribution is -2.05. The molecule has 1 atom stereocenters. The predicted molar refractivity (Wildman–Crippen MR) is 30.5 cm³/mol. The van der Waals surface area contributed by atoms with Crippen molar-refractivity contribution in [2.24, 2.45) is 5.11 Å². The summed E-state index contributed by atoms with van der Waals surface area (Å²) >= 11 is 0. The largest absolute Gasteiger partial charge is 0.393 e. The van der Waals surface area contributed by atoms with Crippen molar-refractivity contribution < 1.29 is 9.90 Å². The van der Waals surface area contributed by atoms with Crippen molar-refractivity contribution in [3.63, 3.8) is 0 Å². The molecule has 0 radical (unpaired) electrons. The van der Waals surface area contributed by atoms with Gasteiger partial charge >= 0.3 is 0 Å². The van der Waals surface area contributed by atoms with Crippen molar-refractivity contribution in [1.82, 2.24) is 0 Å². The highest BCUT2D eigenvalue weighted by molar-refractivity contribution is 5.77. The van der Waals surface area contributed by atoms with Crippen LogP contribution in [0.4, 0.5) is 0 Å². The van der Waals surface area contributed by atoms with Crippen LogP contribution in [0.1, 0.15) is 13.3 Å². The van der Waals surface area contributed by atoms with Gasteiger partial charge < -0.3 is 5.11 Å². The van der Waals surface area contributed by atoms with Crippen LogP contribution in [0, 0.1) is 0 Å². The Kier molecular flexibility index (Phi) is 3.43. The first-order valence-electron chi connectivity index (χ1n) is 2.43. The molecule has 0 aromatic rings. The maximum Gasteiger partial charge on any atom is 0.221 e. The van der Waals surface area contributed by atoms with Gasteiger partial charge in [0.15, 0.2) is 0 Å². The van der Waals surface area contributed by atoms with Crippen molar-refractivity contribution in [2.75, 3.05) is 0 Å². The van der Waals surface area contributed by atoms with Gasteiger partial charge in [-0.2, -0.15) is 0 Å². The van der Waals surface area contributed by atoms with Gasteiger partial charge in [0.05, 0.1) is 6.10 Å². The van der Waals surface area contributed by atoms with Crippen molar-refractivity contribution in [2.45, 2.75) is 19.4 Å². The zero-order valence-corrected chi connectivity index (χ0v) is 4.98. The Hall–Kier alpha value is -1.06. The topological polar surface area (TPSA) is 86.1 Å². The minimum absolute atomic E-state index is 0.107. The molecule has 0 fully saturated rings. The van der Waals surface area contributed by atoms with Crippen LogP contribution < -0.4 is 0 Å². The van der Waals surface area contributed by atoms with E-state index in [0.717, 1.165) is 0 Å². The fraction of sp³-hybridized carbons (Fsp3) is 0.750. The van der Waals surface area contributed by atoms with E-state index in [0.29, 0.717) is 0 Å². The van der Waals surface area contributed by atoms with E-state index in [4.69, 9.17) is 10.6 Å². The molecular formula is C4H7N3O2. The smallest absolute Gasteiger partial charge is 0.221 e. The first kappa shape index (κ1) is 7.94. The molecule has 9 heavy (non-hydrogen) atoms. The third kappa shape index (κ3) is 4.80. The summed E-state index contributed by atoms with van der Waals surface area (Å²) in [5, 5.41) is 11.3. The van der Waals surface area contributed by atoms with Gasteiger partial charge in [0.2, 0.25) is 5.91 Å². The molecule has 0 spiro atoms. The van der Waals surface area contributed by atoms with E-state index in [1.165, 1.54) is 6.92 Å². The number of aliphatic hydroxyl groups is 1. The normalized spacial score (nSPS) is 11.8. The second kappa shape index (κ2) is 3.88. The van der Waals surface area contributed by atoms with Crippen molar-refractivity contribution >= 4 is 5.91 Å². The summed E-state index contributed by atoms with van der Waals surface area (Å²) in [6.07, 6.45) is -0.840. The van der Waals surface area contributed by atoms with E-state index in [2.05, 4.69) is 10.0 Å². The maximum absolute atomic E-state index is 10.3. The van der Waals surface area contributed by atoms with Gasteiger partial charge in [-0.25, -0.2) is 0 Å². The molecular weight excluding hydrogens is 122 g/mol. The minimum atomic E-state index is -0.733. The van der Waals surface area contributed by atoms with Gasteiger partial charge in [-0.3, -0.25) is 4.79 Å². The summed E-state index contributed by atoms with van der Waals surface area (Å²) in [4.78, 5) is 12.5. The van der Waals surface area contributed by atoms with Crippen molar-refractivity contribution in [3.05, 3.63) is 10.4 Å². The highest BCUT2D eigenvalue weighted by Crippen LogP contribution is 1.91. The molecule has 0 saturated carbocycles. The second-order valence-corrected chi connectivity index (χ2v) is 1.64. The van der Waals surface area contributed by atoms with Crippen LogP contribution >= 0.6 is 0 Å². The summed E-state index contributed by atoms with van der Waals surface area (Å²) in [6, 6.07) is 0. The fourth-order valence-corrected chi connectivity index (χ4v) is 0.343. The van der Waals surface area contributed by atoms with E-state index >= 15 is 0 Å². The molecule has 1 N–H and O–H groups in total. The van der Waals surface area contributed by atoms with E-state index < -0.39 is 12.0 Å². The molecule has 0 heterocycles. The maximum atomic E-state index is 10.3.